The van der Waals surface area contributed by atoms with Crippen LogP contribution in [0.5, 0.6) is 11.5 Å². The second-order valence-corrected chi connectivity index (χ2v) is 6.58. The Bertz CT molecular complexity index is 971. The summed E-state index contributed by atoms with van der Waals surface area (Å²) in [4.78, 5) is 2.17. The maximum absolute atomic E-state index is 5.52. The summed E-state index contributed by atoms with van der Waals surface area (Å²) in [7, 11) is 3.81. The highest BCUT2D eigenvalue weighted by molar-refractivity contribution is 5.64. The number of rotatable bonds is 4. The van der Waals surface area contributed by atoms with Gasteiger partial charge in [-0.1, -0.05) is 0 Å². The Kier molecular flexibility index (Phi) is 3.46. The summed E-state index contributed by atoms with van der Waals surface area (Å²) in [6.45, 7) is 0.245. The van der Waals surface area contributed by atoms with Crippen molar-refractivity contribution in [2.24, 2.45) is 0 Å². The Morgan fingerprint density at radius 2 is 2.00 bits per heavy atom. The molecule has 1 aromatic carbocycles. The predicted octanol–water partition coefficient (Wildman–Crippen LogP) is 2.13. The van der Waals surface area contributed by atoms with Crippen molar-refractivity contribution in [2.75, 3.05) is 25.9 Å². The summed E-state index contributed by atoms with van der Waals surface area (Å²) in [5, 5.41) is 13.3. The van der Waals surface area contributed by atoms with E-state index in [-0.39, 0.29) is 12.9 Å². The lowest BCUT2D eigenvalue weighted by Crippen LogP contribution is -2.50. The van der Waals surface area contributed by atoms with Crippen molar-refractivity contribution in [3.63, 3.8) is 0 Å². The number of fused-ring (bicyclic) bond motifs is 2. The van der Waals surface area contributed by atoms with Gasteiger partial charge in [0.05, 0.1) is 12.1 Å². The first-order valence-corrected chi connectivity index (χ1v) is 8.63. The van der Waals surface area contributed by atoms with E-state index in [4.69, 9.17) is 19.3 Å². The molecule has 3 heterocycles. The van der Waals surface area contributed by atoms with Crippen LogP contribution < -0.4 is 14.4 Å². The third-order valence-electron chi connectivity index (χ3n) is 5.22. The molecule has 2 aliphatic rings. The smallest absolute Gasteiger partial charge is 0.231 e. The monoisotopic (exact) mass is 353 g/mol. The van der Waals surface area contributed by atoms with E-state index in [9.17, 15) is 0 Å². The fraction of sp³-hybridized carbons (Fsp3) is 0.389. The highest BCUT2D eigenvalue weighted by Crippen LogP contribution is 2.35. The Morgan fingerprint density at radius 1 is 1.12 bits per heavy atom. The first-order chi connectivity index (χ1) is 12.7. The minimum atomic E-state index is 0.245. The molecule has 3 aromatic rings. The van der Waals surface area contributed by atoms with Crippen LogP contribution in [-0.2, 0) is 4.74 Å². The van der Waals surface area contributed by atoms with Crippen LogP contribution in [0.1, 0.15) is 12.8 Å². The van der Waals surface area contributed by atoms with Gasteiger partial charge >= 0.3 is 0 Å². The van der Waals surface area contributed by atoms with Gasteiger partial charge in [-0.15, -0.1) is 15.3 Å². The number of hydrogen-bond donors (Lipinski definition) is 0. The van der Waals surface area contributed by atoms with Crippen molar-refractivity contribution >= 4 is 11.5 Å². The standard InChI is InChI=1S/C18H19N5O3/c1-22(12-4-6-13(12)24-2)17-8-7-16-19-20-18(23(16)21-17)11-3-5-14-15(9-11)26-10-25-14/h3,5,7-9,12-13H,4,6,10H2,1-2H3. The van der Waals surface area contributed by atoms with Gasteiger partial charge in [0.15, 0.2) is 23.0 Å². The Balaban J connectivity index is 1.53. The summed E-state index contributed by atoms with van der Waals surface area (Å²) in [5.41, 5.74) is 1.58. The maximum Gasteiger partial charge on any atom is 0.231 e. The first-order valence-electron chi connectivity index (χ1n) is 8.63. The molecule has 1 saturated carbocycles. The molecule has 2 unspecified atom stereocenters. The van der Waals surface area contributed by atoms with Crippen LogP contribution in [-0.4, -0.2) is 52.9 Å². The molecule has 8 nitrogen and oxygen atoms in total. The number of aromatic nitrogens is 4. The molecule has 134 valence electrons. The summed E-state index contributed by atoms with van der Waals surface area (Å²) < 4.78 is 18.1. The van der Waals surface area contributed by atoms with Crippen LogP contribution in [0.3, 0.4) is 0 Å². The maximum atomic E-state index is 5.52. The number of ether oxygens (including phenoxy) is 3. The Labute approximate surface area is 150 Å². The molecular weight excluding hydrogens is 334 g/mol. The molecule has 0 amide bonds. The lowest BCUT2D eigenvalue weighted by molar-refractivity contribution is 0.0193. The fourth-order valence-corrected chi connectivity index (χ4v) is 3.52. The van der Waals surface area contributed by atoms with Crippen LogP contribution in [0.15, 0.2) is 30.3 Å². The normalized spacial score (nSPS) is 21.0. The van der Waals surface area contributed by atoms with Crippen molar-refractivity contribution in [3.05, 3.63) is 30.3 Å². The summed E-state index contributed by atoms with van der Waals surface area (Å²) in [5.74, 6) is 2.99. The summed E-state index contributed by atoms with van der Waals surface area (Å²) in [6.07, 6.45) is 2.45. The number of anilines is 1. The zero-order chi connectivity index (χ0) is 17.7. The van der Waals surface area contributed by atoms with E-state index in [0.717, 1.165) is 30.0 Å². The van der Waals surface area contributed by atoms with Gasteiger partial charge < -0.3 is 19.1 Å². The van der Waals surface area contributed by atoms with E-state index in [0.29, 0.717) is 23.3 Å². The molecule has 1 aliphatic carbocycles. The van der Waals surface area contributed by atoms with E-state index in [2.05, 4.69) is 22.1 Å². The Morgan fingerprint density at radius 3 is 2.81 bits per heavy atom. The SMILES string of the molecule is COC1CCC1N(C)c1ccc2nnc(-c3ccc4c(c3)OCO4)n2n1. The number of likely N-dealkylation sites (N-methyl/N-ethyl adjacent to an activating group) is 1. The fourth-order valence-electron chi connectivity index (χ4n) is 3.52. The molecule has 1 aliphatic heterocycles. The summed E-state index contributed by atoms with van der Waals surface area (Å²) in [6, 6.07) is 9.97. The topological polar surface area (TPSA) is 74.0 Å². The number of nitrogens with zero attached hydrogens (tertiary/aromatic N) is 5. The van der Waals surface area contributed by atoms with Crippen molar-refractivity contribution < 1.29 is 14.2 Å². The first kappa shape index (κ1) is 15.4. The average Bonchev–Trinajstić information content (AvgIpc) is 3.26. The molecule has 2 aromatic heterocycles. The number of hydrogen-bond acceptors (Lipinski definition) is 7. The molecule has 8 heteroatoms. The lowest BCUT2D eigenvalue weighted by atomic mass is 9.88. The molecule has 0 saturated heterocycles. The zero-order valence-corrected chi connectivity index (χ0v) is 14.6. The third-order valence-corrected chi connectivity index (χ3v) is 5.22. The zero-order valence-electron chi connectivity index (χ0n) is 14.6. The van der Waals surface area contributed by atoms with Gasteiger partial charge in [-0.3, -0.25) is 0 Å². The quantitative estimate of drug-likeness (QED) is 0.711. The summed E-state index contributed by atoms with van der Waals surface area (Å²) >= 11 is 0. The van der Waals surface area contributed by atoms with Crippen LogP contribution in [0, 0.1) is 0 Å². The average molecular weight is 353 g/mol. The lowest BCUT2D eigenvalue weighted by Gasteiger charge is -2.42. The van der Waals surface area contributed by atoms with E-state index in [1.807, 2.05) is 30.3 Å². The van der Waals surface area contributed by atoms with Gasteiger partial charge in [-0.25, -0.2) is 0 Å². The molecule has 0 N–H and O–H groups in total. The number of methoxy groups -OCH3 is 1. The van der Waals surface area contributed by atoms with Crippen LogP contribution in [0.2, 0.25) is 0 Å². The highest BCUT2D eigenvalue weighted by Gasteiger charge is 2.34. The van der Waals surface area contributed by atoms with Crippen LogP contribution in [0.4, 0.5) is 5.82 Å². The number of benzene rings is 1. The largest absolute Gasteiger partial charge is 0.454 e. The molecule has 2 atom stereocenters. The van der Waals surface area contributed by atoms with E-state index >= 15 is 0 Å². The molecule has 5 rings (SSSR count). The molecule has 0 bridgehead atoms. The molecule has 1 fully saturated rings. The van der Waals surface area contributed by atoms with Crippen molar-refractivity contribution in [2.45, 2.75) is 25.0 Å². The molecular formula is C18H19N5O3. The second-order valence-electron chi connectivity index (χ2n) is 6.58. The van der Waals surface area contributed by atoms with Crippen molar-refractivity contribution in [1.29, 1.82) is 0 Å². The van der Waals surface area contributed by atoms with Gasteiger partial charge in [0.2, 0.25) is 6.79 Å². The van der Waals surface area contributed by atoms with Gasteiger partial charge in [-0.2, -0.15) is 4.52 Å². The predicted molar refractivity (Wildman–Crippen MR) is 94.6 cm³/mol. The van der Waals surface area contributed by atoms with E-state index in [1.165, 1.54) is 0 Å². The van der Waals surface area contributed by atoms with E-state index < -0.39 is 0 Å². The third kappa shape index (κ3) is 2.29. The molecule has 0 radical (unpaired) electrons. The molecule has 0 spiro atoms. The minimum Gasteiger partial charge on any atom is -0.454 e. The van der Waals surface area contributed by atoms with Gasteiger partial charge in [0, 0.05) is 19.7 Å². The minimum absolute atomic E-state index is 0.245. The van der Waals surface area contributed by atoms with Crippen LogP contribution in [0.25, 0.3) is 17.0 Å². The van der Waals surface area contributed by atoms with Crippen molar-refractivity contribution in [1.82, 2.24) is 19.8 Å². The van der Waals surface area contributed by atoms with E-state index in [1.54, 1.807) is 11.6 Å². The van der Waals surface area contributed by atoms with Gasteiger partial charge in [-0.05, 0) is 43.2 Å². The Hall–Kier alpha value is -2.87. The van der Waals surface area contributed by atoms with Crippen LogP contribution >= 0.6 is 0 Å². The van der Waals surface area contributed by atoms with Gasteiger partial charge in [0.1, 0.15) is 5.82 Å². The van der Waals surface area contributed by atoms with Gasteiger partial charge in [0.25, 0.3) is 0 Å². The second kappa shape index (κ2) is 5.84. The van der Waals surface area contributed by atoms with Crippen molar-refractivity contribution in [3.8, 4) is 22.9 Å². The molecule has 26 heavy (non-hydrogen) atoms. The highest BCUT2D eigenvalue weighted by atomic mass is 16.7.